The SMILES string of the molecule is CNC(=O)c1cncc(-c2ccc3c(c2)CCC(=O)N3)c1. The van der Waals surface area contributed by atoms with E-state index in [9.17, 15) is 9.59 Å². The molecule has 1 aliphatic heterocycles. The first-order valence-corrected chi connectivity index (χ1v) is 6.77. The van der Waals surface area contributed by atoms with Gasteiger partial charge in [-0.15, -0.1) is 0 Å². The van der Waals surface area contributed by atoms with Crippen molar-refractivity contribution < 1.29 is 9.59 Å². The van der Waals surface area contributed by atoms with Crippen LogP contribution in [-0.4, -0.2) is 23.8 Å². The van der Waals surface area contributed by atoms with Crippen LogP contribution in [0, 0.1) is 0 Å². The van der Waals surface area contributed by atoms with Crippen molar-refractivity contribution in [3.05, 3.63) is 47.8 Å². The molecule has 2 N–H and O–H groups in total. The lowest BCUT2D eigenvalue weighted by atomic mass is 9.97. The molecule has 2 aromatic rings. The Balaban J connectivity index is 1.98. The number of anilines is 1. The predicted molar refractivity (Wildman–Crippen MR) is 80.0 cm³/mol. The van der Waals surface area contributed by atoms with E-state index in [-0.39, 0.29) is 11.8 Å². The van der Waals surface area contributed by atoms with Gasteiger partial charge in [-0.05, 0) is 35.7 Å². The van der Waals surface area contributed by atoms with Crippen LogP contribution in [0.15, 0.2) is 36.7 Å². The van der Waals surface area contributed by atoms with Gasteiger partial charge in [-0.3, -0.25) is 14.6 Å². The van der Waals surface area contributed by atoms with Crippen molar-refractivity contribution >= 4 is 17.5 Å². The molecule has 2 heterocycles. The van der Waals surface area contributed by atoms with E-state index in [0.717, 1.165) is 28.8 Å². The molecule has 21 heavy (non-hydrogen) atoms. The van der Waals surface area contributed by atoms with Gasteiger partial charge >= 0.3 is 0 Å². The third kappa shape index (κ3) is 2.63. The van der Waals surface area contributed by atoms with Crippen LogP contribution in [0.1, 0.15) is 22.3 Å². The number of benzene rings is 1. The molecule has 1 aromatic carbocycles. The molecule has 0 aliphatic carbocycles. The number of pyridine rings is 1. The van der Waals surface area contributed by atoms with Crippen LogP contribution in [0.3, 0.4) is 0 Å². The number of carbonyl (C=O) groups is 2. The molecule has 1 aromatic heterocycles. The molecule has 2 amide bonds. The minimum absolute atomic E-state index is 0.0542. The van der Waals surface area contributed by atoms with Crippen LogP contribution in [0.5, 0.6) is 0 Å². The normalized spacial score (nSPS) is 13.3. The highest BCUT2D eigenvalue weighted by atomic mass is 16.2. The summed E-state index contributed by atoms with van der Waals surface area (Å²) >= 11 is 0. The van der Waals surface area contributed by atoms with E-state index in [0.29, 0.717) is 12.0 Å². The molecule has 5 heteroatoms. The Morgan fingerprint density at radius 2 is 2.05 bits per heavy atom. The quantitative estimate of drug-likeness (QED) is 0.884. The van der Waals surface area contributed by atoms with Crippen LogP contribution in [0.4, 0.5) is 5.69 Å². The highest BCUT2D eigenvalue weighted by Crippen LogP contribution is 2.28. The van der Waals surface area contributed by atoms with E-state index in [1.54, 1.807) is 19.4 Å². The third-order valence-electron chi connectivity index (χ3n) is 3.56. The van der Waals surface area contributed by atoms with Gasteiger partial charge in [0, 0.05) is 37.1 Å². The van der Waals surface area contributed by atoms with E-state index >= 15 is 0 Å². The Bertz CT molecular complexity index is 725. The number of nitrogens with one attached hydrogen (secondary N) is 2. The number of nitrogens with zero attached hydrogens (tertiary/aromatic N) is 1. The second-order valence-electron chi connectivity index (χ2n) is 4.96. The van der Waals surface area contributed by atoms with E-state index < -0.39 is 0 Å². The van der Waals surface area contributed by atoms with Crippen molar-refractivity contribution in [1.29, 1.82) is 0 Å². The summed E-state index contributed by atoms with van der Waals surface area (Å²) in [4.78, 5) is 27.2. The van der Waals surface area contributed by atoms with Crippen LogP contribution in [0.25, 0.3) is 11.1 Å². The molecule has 0 saturated carbocycles. The van der Waals surface area contributed by atoms with E-state index in [1.807, 2.05) is 24.3 Å². The smallest absolute Gasteiger partial charge is 0.252 e. The zero-order chi connectivity index (χ0) is 14.8. The molecule has 106 valence electrons. The number of hydrogen-bond donors (Lipinski definition) is 2. The van der Waals surface area contributed by atoms with Gasteiger partial charge in [-0.25, -0.2) is 0 Å². The summed E-state index contributed by atoms with van der Waals surface area (Å²) in [6, 6.07) is 7.68. The maximum atomic E-state index is 11.7. The monoisotopic (exact) mass is 281 g/mol. The maximum Gasteiger partial charge on any atom is 0.252 e. The van der Waals surface area contributed by atoms with Gasteiger partial charge in [0.1, 0.15) is 0 Å². The summed E-state index contributed by atoms with van der Waals surface area (Å²) in [6.07, 6.45) is 4.51. The van der Waals surface area contributed by atoms with Crippen LogP contribution in [-0.2, 0) is 11.2 Å². The molecule has 0 unspecified atom stereocenters. The van der Waals surface area contributed by atoms with Crippen molar-refractivity contribution in [2.75, 3.05) is 12.4 Å². The molecule has 0 spiro atoms. The zero-order valence-electron chi connectivity index (χ0n) is 11.6. The maximum absolute atomic E-state index is 11.7. The van der Waals surface area contributed by atoms with Crippen LogP contribution in [0.2, 0.25) is 0 Å². The van der Waals surface area contributed by atoms with Crippen molar-refractivity contribution in [2.45, 2.75) is 12.8 Å². The van der Waals surface area contributed by atoms with Gasteiger partial charge in [-0.1, -0.05) is 6.07 Å². The summed E-state index contributed by atoms with van der Waals surface area (Å²) < 4.78 is 0. The van der Waals surface area contributed by atoms with Crippen molar-refractivity contribution in [3.8, 4) is 11.1 Å². The van der Waals surface area contributed by atoms with Gasteiger partial charge in [0.25, 0.3) is 5.91 Å². The third-order valence-corrected chi connectivity index (χ3v) is 3.56. The molecular formula is C16H15N3O2. The molecule has 0 fully saturated rings. The summed E-state index contributed by atoms with van der Waals surface area (Å²) in [5.74, 6) is -0.104. The molecule has 0 atom stereocenters. The number of fused-ring (bicyclic) bond motifs is 1. The van der Waals surface area contributed by atoms with Gasteiger partial charge in [0.2, 0.25) is 5.91 Å². The Morgan fingerprint density at radius 3 is 2.86 bits per heavy atom. The highest BCUT2D eigenvalue weighted by Gasteiger charge is 2.15. The second kappa shape index (κ2) is 5.36. The minimum atomic E-state index is -0.158. The topological polar surface area (TPSA) is 71.1 Å². The van der Waals surface area contributed by atoms with E-state index in [2.05, 4.69) is 15.6 Å². The van der Waals surface area contributed by atoms with Crippen molar-refractivity contribution in [3.63, 3.8) is 0 Å². The fourth-order valence-electron chi connectivity index (χ4n) is 2.43. The standard InChI is InChI=1S/C16H15N3O2/c1-17-16(21)13-7-12(8-18-9-13)10-2-4-14-11(6-10)3-5-15(20)19-14/h2,4,6-9H,3,5H2,1H3,(H,17,21)(H,19,20). The van der Waals surface area contributed by atoms with Crippen molar-refractivity contribution in [1.82, 2.24) is 10.3 Å². The first-order valence-electron chi connectivity index (χ1n) is 6.77. The summed E-state index contributed by atoms with van der Waals surface area (Å²) in [5, 5.41) is 5.45. The Labute approximate surface area is 122 Å². The average Bonchev–Trinajstić information content (AvgIpc) is 2.53. The highest BCUT2D eigenvalue weighted by molar-refractivity contribution is 5.96. The number of aryl methyl sites for hydroxylation is 1. The van der Waals surface area contributed by atoms with Crippen LogP contribution >= 0.6 is 0 Å². The fourth-order valence-corrected chi connectivity index (χ4v) is 2.43. The summed E-state index contributed by atoms with van der Waals surface area (Å²) in [6.45, 7) is 0. The van der Waals surface area contributed by atoms with Crippen molar-refractivity contribution in [2.24, 2.45) is 0 Å². The van der Waals surface area contributed by atoms with Gasteiger partial charge in [0.15, 0.2) is 0 Å². The minimum Gasteiger partial charge on any atom is -0.355 e. The summed E-state index contributed by atoms with van der Waals surface area (Å²) in [5.41, 5.74) is 4.38. The number of carbonyl (C=O) groups excluding carboxylic acids is 2. The van der Waals surface area contributed by atoms with E-state index in [4.69, 9.17) is 0 Å². The van der Waals surface area contributed by atoms with Crippen LogP contribution < -0.4 is 10.6 Å². The van der Waals surface area contributed by atoms with Gasteiger partial charge in [0.05, 0.1) is 5.56 Å². The second-order valence-corrected chi connectivity index (χ2v) is 4.96. The Morgan fingerprint density at radius 1 is 1.19 bits per heavy atom. The average molecular weight is 281 g/mol. The molecular weight excluding hydrogens is 266 g/mol. The summed E-state index contributed by atoms with van der Waals surface area (Å²) in [7, 11) is 1.59. The lowest BCUT2D eigenvalue weighted by molar-refractivity contribution is -0.116. The largest absolute Gasteiger partial charge is 0.355 e. The number of hydrogen-bond acceptors (Lipinski definition) is 3. The molecule has 5 nitrogen and oxygen atoms in total. The lowest BCUT2D eigenvalue weighted by Crippen LogP contribution is -2.19. The molecule has 0 radical (unpaired) electrons. The molecule has 3 rings (SSSR count). The first kappa shape index (κ1) is 13.3. The lowest BCUT2D eigenvalue weighted by Gasteiger charge is -2.17. The number of amides is 2. The molecule has 0 saturated heterocycles. The number of aromatic nitrogens is 1. The Hall–Kier alpha value is -2.69. The van der Waals surface area contributed by atoms with Gasteiger partial charge in [-0.2, -0.15) is 0 Å². The molecule has 0 bridgehead atoms. The number of rotatable bonds is 2. The Kier molecular flexibility index (Phi) is 3.39. The zero-order valence-corrected chi connectivity index (χ0v) is 11.6. The fraction of sp³-hybridized carbons (Fsp3) is 0.188. The molecule has 1 aliphatic rings. The van der Waals surface area contributed by atoms with Gasteiger partial charge < -0.3 is 10.6 Å². The predicted octanol–water partition coefficient (Wildman–Crippen LogP) is 1.99. The first-order chi connectivity index (χ1) is 10.2. The van der Waals surface area contributed by atoms with E-state index in [1.165, 1.54) is 0 Å².